The number of hydrogen-bond acceptors (Lipinski definition) is 5. The molecule has 3 aromatic rings. The lowest BCUT2D eigenvalue weighted by Crippen LogP contribution is -2.32. The standard InChI is InChI=1S/C18H16F3N5O3/c19-18(20,21)17-24-14-3-1-2-4-15(14)25(17)11-16(27)23-10-9-22-12-5-7-13(8-6-12)26(28)29/h1-8,22H,9-11H2,(H,23,27). The summed E-state index contributed by atoms with van der Waals surface area (Å²) in [7, 11) is 0. The first kappa shape index (κ1) is 20.1. The molecule has 3 rings (SSSR count). The summed E-state index contributed by atoms with van der Waals surface area (Å²) >= 11 is 0. The lowest BCUT2D eigenvalue weighted by molar-refractivity contribution is -0.384. The number of halogens is 3. The maximum atomic E-state index is 13.2. The zero-order valence-corrected chi connectivity index (χ0v) is 14.9. The van der Waals surface area contributed by atoms with E-state index in [2.05, 4.69) is 15.6 Å². The Hall–Kier alpha value is -3.63. The fourth-order valence-corrected chi connectivity index (χ4v) is 2.76. The third kappa shape index (κ3) is 4.81. The van der Waals surface area contributed by atoms with E-state index in [1.807, 2.05) is 0 Å². The van der Waals surface area contributed by atoms with Gasteiger partial charge in [0.1, 0.15) is 6.54 Å². The van der Waals surface area contributed by atoms with Gasteiger partial charge in [-0.15, -0.1) is 0 Å². The van der Waals surface area contributed by atoms with Crippen LogP contribution in [0.2, 0.25) is 0 Å². The second kappa shape index (κ2) is 8.17. The van der Waals surface area contributed by atoms with Crippen molar-refractivity contribution in [2.45, 2.75) is 12.7 Å². The van der Waals surface area contributed by atoms with E-state index >= 15 is 0 Å². The molecule has 0 bridgehead atoms. The monoisotopic (exact) mass is 407 g/mol. The number of alkyl halides is 3. The molecule has 0 aliphatic rings. The molecule has 2 N–H and O–H groups in total. The van der Waals surface area contributed by atoms with Crippen LogP contribution in [0.4, 0.5) is 24.5 Å². The zero-order valence-electron chi connectivity index (χ0n) is 14.9. The minimum atomic E-state index is -4.68. The molecule has 2 aromatic carbocycles. The molecule has 11 heteroatoms. The molecule has 0 radical (unpaired) electrons. The molecule has 1 amide bonds. The largest absolute Gasteiger partial charge is 0.449 e. The Morgan fingerprint density at radius 3 is 2.45 bits per heavy atom. The molecule has 1 heterocycles. The Morgan fingerprint density at radius 1 is 1.10 bits per heavy atom. The van der Waals surface area contributed by atoms with Gasteiger partial charge in [-0.1, -0.05) is 12.1 Å². The van der Waals surface area contributed by atoms with E-state index in [-0.39, 0.29) is 23.3 Å². The highest BCUT2D eigenvalue weighted by molar-refractivity contribution is 5.81. The average Bonchev–Trinajstić information content (AvgIpc) is 3.04. The van der Waals surface area contributed by atoms with Crippen LogP contribution < -0.4 is 10.6 Å². The number of non-ortho nitro benzene ring substituents is 1. The second-order valence-corrected chi connectivity index (χ2v) is 6.09. The number of aromatic nitrogens is 2. The number of hydrogen-bond donors (Lipinski definition) is 2. The van der Waals surface area contributed by atoms with Crippen LogP contribution in [0.3, 0.4) is 0 Å². The quantitative estimate of drug-likeness (QED) is 0.356. The van der Waals surface area contributed by atoms with E-state index in [1.54, 1.807) is 12.1 Å². The van der Waals surface area contributed by atoms with Gasteiger partial charge in [0.05, 0.1) is 16.0 Å². The van der Waals surface area contributed by atoms with Crippen LogP contribution in [0, 0.1) is 10.1 Å². The van der Waals surface area contributed by atoms with Gasteiger partial charge in [-0.25, -0.2) is 4.98 Å². The minimum Gasteiger partial charge on any atom is -0.383 e. The first-order valence-corrected chi connectivity index (χ1v) is 8.53. The summed E-state index contributed by atoms with van der Waals surface area (Å²) in [5, 5.41) is 16.1. The summed E-state index contributed by atoms with van der Waals surface area (Å²) in [6, 6.07) is 11.8. The molecule has 0 fully saturated rings. The number of amides is 1. The lowest BCUT2D eigenvalue weighted by atomic mass is 10.3. The van der Waals surface area contributed by atoms with E-state index < -0.39 is 29.4 Å². The smallest absolute Gasteiger partial charge is 0.383 e. The molecule has 8 nitrogen and oxygen atoms in total. The third-order valence-electron chi connectivity index (χ3n) is 4.06. The van der Waals surface area contributed by atoms with Crippen LogP contribution in [-0.2, 0) is 17.5 Å². The van der Waals surface area contributed by atoms with Crippen LogP contribution in [-0.4, -0.2) is 33.5 Å². The highest BCUT2D eigenvalue weighted by Gasteiger charge is 2.37. The molecule has 0 aliphatic carbocycles. The van der Waals surface area contributed by atoms with E-state index in [0.29, 0.717) is 12.2 Å². The maximum Gasteiger partial charge on any atom is 0.449 e. The number of fused-ring (bicyclic) bond motifs is 1. The number of nitrogens with zero attached hydrogens (tertiary/aromatic N) is 3. The Bertz CT molecular complexity index is 1030. The number of anilines is 1. The van der Waals surface area contributed by atoms with Gasteiger partial charge in [-0.05, 0) is 24.3 Å². The Kier molecular flexibility index (Phi) is 5.66. The van der Waals surface area contributed by atoms with E-state index in [1.165, 1.54) is 36.4 Å². The number of rotatable bonds is 7. The number of nitrogens with one attached hydrogen (secondary N) is 2. The molecule has 152 valence electrons. The van der Waals surface area contributed by atoms with Crippen molar-refractivity contribution in [3.05, 3.63) is 64.5 Å². The van der Waals surface area contributed by atoms with E-state index in [4.69, 9.17) is 0 Å². The van der Waals surface area contributed by atoms with Crippen LogP contribution >= 0.6 is 0 Å². The second-order valence-electron chi connectivity index (χ2n) is 6.09. The SMILES string of the molecule is O=C(Cn1c(C(F)(F)F)nc2ccccc21)NCCNc1ccc([N+](=O)[O-])cc1. The summed E-state index contributed by atoms with van der Waals surface area (Å²) in [6.45, 7) is -0.0724. The fourth-order valence-electron chi connectivity index (χ4n) is 2.76. The Balaban J connectivity index is 1.58. The van der Waals surface area contributed by atoms with Crippen molar-refractivity contribution in [2.75, 3.05) is 18.4 Å². The number of nitro groups is 1. The molecule has 1 aromatic heterocycles. The van der Waals surface area contributed by atoms with Gasteiger partial charge in [0.25, 0.3) is 5.69 Å². The summed E-state index contributed by atoms with van der Waals surface area (Å²) in [4.78, 5) is 25.8. The first-order valence-electron chi connectivity index (χ1n) is 8.53. The molecular weight excluding hydrogens is 391 g/mol. The molecule has 0 spiro atoms. The molecule has 0 saturated carbocycles. The number of benzene rings is 2. The Labute approximate surface area is 162 Å². The van der Waals surface area contributed by atoms with Gasteiger partial charge in [-0.2, -0.15) is 13.2 Å². The predicted molar refractivity (Wildman–Crippen MR) is 99.3 cm³/mol. The van der Waals surface area contributed by atoms with Gasteiger partial charge in [0, 0.05) is 30.9 Å². The van der Waals surface area contributed by atoms with Gasteiger partial charge in [0.2, 0.25) is 11.7 Å². The summed E-state index contributed by atoms with van der Waals surface area (Å²) in [5.74, 6) is -1.72. The molecule has 0 saturated heterocycles. The van der Waals surface area contributed by atoms with E-state index in [9.17, 15) is 28.1 Å². The molecular formula is C18H16F3N5O3. The third-order valence-corrected chi connectivity index (χ3v) is 4.06. The molecule has 0 atom stereocenters. The van der Waals surface area contributed by atoms with E-state index in [0.717, 1.165) is 4.57 Å². The topological polar surface area (TPSA) is 102 Å². The van der Waals surface area contributed by atoms with Gasteiger partial charge >= 0.3 is 6.18 Å². The summed E-state index contributed by atoms with van der Waals surface area (Å²) in [5.41, 5.74) is 0.952. The van der Waals surface area contributed by atoms with Crippen LogP contribution in [0.1, 0.15) is 5.82 Å². The van der Waals surface area contributed by atoms with Crippen LogP contribution in [0.15, 0.2) is 48.5 Å². The van der Waals surface area contributed by atoms with Crippen molar-refractivity contribution in [3.63, 3.8) is 0 Å². The van der Waals surface area contributed by atoms with Crippen molar-refractivity contribution in [3.8, 4) is 0 Å². The van der Waals surface area contributed by atoms with Crippen molar-refractivity contribution in [1.82, 2.24) is 14.9 Å². The minimum absolute atomic E-state index is 0.0446. The van der Waals surface area contributed by atoms with Gasteiger partial charge in [-0.3, -0.25) is 14.9 Å². The highest BCUT2D eigenvalue weighted by atomic mass is 19.4. The number of carbonyl (C=O) groups is 1. The number of para-hydroxylation sites is 2. The normalized spacial score (nSPS) is 11.4. The maximum absolute atomic E-state index is 13.2. The van der Waals surface area contributed by atoms with Crippen molar-refractivity contribution in [1.29, 1.82) is 0 Å². The van der Waals surface area contributed by atoms with Gasteiger partial charge in [0.15, 0.2) is 0 Å². The lowest BCUT2D eigenvalue weighted by Gasteiger charge is -2.12. The number of nitro benzene ring substituents is 1. The Morgan fingerprint density at radius 2 is 1.79 bits per heavy atom. The average molecular weight is 407 g/mol. The number of carbonyl (C=O) groups excluding carboxylic acids is 1. The predicted octanol–water partition coefficient (Wildman–Crippen LogP) is 3.19. The van der Waals surface area contributed by atoms with Crippen molar-refractivity contribution >= 4 is 28.3 Å². The molecule has 0 aliphatic heterocycles. The zero-order chi connectivity index (χ0) is 21.0. The fraction of sp³-hybridized carbons (Fsp3) is 0.222. The summed E-state index contributed by atoms with van der Waals surface area (Å²) in [6.07, 6.45) is -4.68. The highest BCUT2D eigenvalue weighted by Crippen LogP contribution is 2.31. The number of imidazole rings is 1. The van der Waals surface area contributed by atoms with Crippen molar-refractivity contribution in [2.24, 2.45) is 0 Å². The molecule has 29 heavy (non-hydrogen) atoms. The summed E-state index contributed by atoms with van der Waals surface area (Å²) < 4.78 is 40.6. The van der Waals surface area contributed by atoms with Crippen LogP contribution in [0.25, 0.3) is 11.0 Å². The first-order chi connectivity index (χ1) is 13.8. The van der Waals surface area contributed by atoms with Gasteiger partial charge < -0.3 is 15.2 Å². The van der Waals surface area contributed by atoms with Crippen LogP contribution in [0.5, 0.6) is 0 Å². The molecule has 0 unspecified atom stereocenters. The van der Waals surface area contributed by atoms with Crippen molar-refractivity contribution < 1.29 is 22.9 Å².